The molecule has 0 unspecified atom stereocenters. The van der Waals surface area contributed by atoms with Gasteiger partial charge in [-0.15, -0.1) is 0 Å². The number of aliphatic hydroxyl groups excluding tert-OH is 1. The van der Waals surface area contributed by atoms with Crippen molar-refractivity contribution in [3.63, 3.8) is 0 Å². The topological polar surface area (TPSA) is 58.6 Å². The van der Waals surface area contributed by atoms with E-state index in [0.717, 1.165) is 18.9 Å². The zero-order valence-electron chi connectivity index (χ0n) is 12.5. The minimum atomic E-state index is -0.412. The highest BCUT2D eigenvalue weighted by Gasteiger charge is 2.36. The molecule has 0 bridgehead atoms. The Kier molecular flexibility index (Phi) is 7.01. The smallest absolute Gasteiger partial charge is 0.330 e. The number of ether oxygens (including phenoxy) is 1. The zero-order chi connectivity index (χ0) is 15.1. The van der Waals surface area contributed by atoms with E-state index in [1.165, 1.54) is 6.08 Å². The van der Waals surface area contributed by atoms with Crippen LogP contribution in [0.2, 0.25) is 0 Å². The fraction of sp³-hybridized carbons (Fsp3) is 0.667. The summed E-state index contributed by atoms with van der Waals surface area (Å²) in [6, 6.07) is 0. The second kappa shape index (κ2) is 7.46. The number of rotatable bonds is 3. The molecule has 1 saturated heterocycles. The summed E-state index contributed by atoms with van der Waals surface area (Å²) < 4.78 is 4.47. The molecule has 4 heteroatoms. The van der Waals surface area contributed by atoms with Gasteiger partial charge in [0.25, 0.3) is 0 Å². The van der Waals surface area contributed by atoms with Gasteiger partial charge in [0.05, 0.1) is 6.10 Å². The van der Waals surface area contributed by atoms with Crippen LogP contribution in [0.3, 0.4) is 0 Å². The highest BCUT2D eigenvalue weighted by atomic mass is 16.5. The fourth-order valence-corrected chi connectivity index (χ4v) is 2.47. The molecule has 1 heterocycles. The van der Waals surface area contributed by atoms with Gasteiger partial charge < -0.3 is 15.2 Å². The normalized spacial score (nSPS) is 20.7. The Bertz CT molecular complexity index is 305. The van der Waals surface area contributed by atoms with E-state index < -0.39 is 5.97 Å². The van der Waals surface area contributed by atoms with E-state index in [-0.39, 0.29) is 23.8 Å². The number of aliphatic hydroxyl groups is 1. The average molecular weight is 269 g/mol. The number of hydrogen-bond acceptors (Lipinski definition) is 4. The summed E-state index contributed by atoms with van der Waals surface area (Å²) in [6.07, 6.45) is 4.19. The highest BCUT2D eigenvalue weighted by Crippen LogP contribution is 2.27. The van der Waals surface area contributed by atoms with Crippen molar-refractivity contribution in [1.82, 2.24) is 5.32 Å². The Morgan fingerprint density at radius 2 is 1.79 bits per heavy atom. The lowest BCUT2D eigenvalue weighted by Gasteiger charge is -2.44. The summed E-state index contributed by atoms with van der Waals surface area (Å²) in [4.78, 5) is 10.2. The van der Waals surface area contributed by atoms with Gasteiger partial charge in [-0.2, -0.15) is 0 Å². The number of carbonyl (C=O) groups is 1. The van der Waals surface area contributed by atoms with E-state index in [9.17, 15) is 9.90 Å². The van der Waals surface area contributed by atoms with Crippen molar-refractivity contribution >= 4 is 5.97 Å². The molecule has 0 spiro atoms. The molecule has 1 rings (SSSR count). The van der Waals surface area contributed by atoms with Gasteiger partial charge in [0.1, 0.15) is 6.61 Å². The van der Waals surface area contributed by atoms with Crippen LogP contribution in [0.15, 0.2) is 25.3 Å². The van der Waals surface area contributed by atoms with Crippen LogP contribution in [0.5, 0.6) is 0 Å². The summed E-state index contributed by atoms with van der Waals surface area (Å²) in [5, 5.41) is 13.0. The van der Waals surface area contributed by atoms with E-state index in [2.05, 4.69) is 50.9 Å². The second-order valence-corrected chi connectivity index (χ2v) is 6.08. The quantitative estimate of drug-likeness (QED) is 0.468. The summed E-state index contributed by atoms with van der Waals surface area (Å²) in [5.74, 6) is -0.412. The molecule has 19 heavy (non-hydrogen) atoms. The first-order valence-electron chi connectivity index (χ1n) is 6.49. The van der Waals surface area contributed by atoms with Gasteiger partial charge in [0.2, 0.25) is 0 Å². The number of piperidine rings is 1. The lowest BCUT2D eigenvalue weighted by Crippen LogP contribution is -2.59. The highest BCUT2D eigenvalue weighted by molar-refractivity contribution is 5.81. The van der Waals surface area contributed by atoms with Gasteiger partial charge in [-0.25, -0.2) is 4.79 Å². The van der Waals surface area contributed by atoms with Gasteiger partial charge >= 0.3 is 5.97 Å². The molecular weight excluding hydrogens is 242 g/mol. The average Bonchev–Trinajstić information content (AvgIpc) is 2.21. The molecular formula is C15H27NO3. The molecule has 110 valence electrons. The van der Waals surface area contributed by atoms with Crippen molar-refractivity contribution in [3.8, 4) is 0 Å². The molecule has 0 amide bonds. The molecule has 1 fully saturated rings. The molecule has 1 aliphatic rings. The Morgan fingerprint density at radius 1 is 1.32 bits per heavy atom. The third-order valence-corrected chi connectivity index (χ3v) is 2.68. The molecule has 2 N–H and O–H groups in total. The Labute approximate surface area is 116 Å². The standard InChI is InChI=1S/C9H19NO.C6H8O2/c1-8(2)5-7(11)6-9(3,4)10-8;1-3-5-8-6(7)4-2/h7,10-11H,5-6H2,1-4H3;3-4H,1-2,5H2. The summed E-state index contributed by atoms with van der Waals surface area (Å²) in [7, 11) is 0. The largest absolute Gasteiger partial charge is 0.458 e. The Balaban J connectivity index is 0.000000362. The van der Waals surface area contributed by atoms with E-state index in [1.54, 1.807) is 0 Å². The van der Waals surface area contributed by atoms with Crippen LogP contribution in [-0.2, 0) is 9.53 Å². The van der Waals surface area contributed by atoms with Gasteiger partial charge in [-0.3, -0.25) is 0 Å². The fourth-order valence-electron chi connectivity index (χ4n) is 2.47. The van der Waals surface area contributed by atoms with Crippen LogP contribution in [-0.4, -0.2) is 34.9 Å². The van der Waals surface area contributed by atoms with Crippen molar-refractivity contribution in [2.45, 2.75) is 57.7 Å². The molecule has 0 saturated carbocycles. The number of nitrogens with one attached hydrogen (secondary N) is 1. The Hall–Kier alpha value is -1.13. The van der Waals surface area contributed by atoms with Crippen molar-refractivity contribution < 1.29 is 14.6 Å². The number of hydrogen-bond donors (Lipinski definition) is 2. The summed E-state index contributed by atoms with van der Waals surface area (Å²) >= 11 is 0. The van der Waals surface area contributed by atoms with E-state index in [1.807, 2.05) is 0 Å². The van der Waals surface area contributed by atoms with Gasteiger partial charge in [0.15, 0.2) is 0 Å². The molecule has 0 aromatic carbocycles. The number of carbonyl (C=O) groups excluding carboxylic acids is 1. The van der Waals surface area contributed by atoms with Gasteiger partial charge in [-0.05, 0) is 40.5 Å². The third kappa shape index (κ3) is 8.56. The summed E-state index contributed by atoms with van der Waals surface area (Å²) in [5.41, 5.74) is 0.169. The van der Waals surface area contributed by atoms with E-state index >= 15 is 0 Å². The van der Waals surface area contributed by atoms with Crippen LogP contribution >= 0.6 is 0 Å². The van der Waals surface area contributed by atoms with Crippen molar-refractivity contribution in [2.24, 2.45) is 0 Å². The first kappa shape index (κ1) is 17.9. The van der Waals surface area contributed by atoms with Crippen LogP contribution in [0, 0.1) is 0 Å². The SMILES string of the molecule is C=CCOC(=O)C=C.CC1(C)CC(O)CC(C)(C)N1. The van der Waals surface area contributed by atoms with Crippen LogP contribution in [0.25, 0.3) is 0 Å². The third-order valence-electron chi connectivity index (χ3n) is 2.68. The van der Waals surface area contributed by atoms with Crippen molar-refractivity contribution in [1.29, 1.82) is 0 Å². The lowest BCUT2D eigenvalue weighted by atomic mass is 9.81. The molecule has 0 aromatic heterocycles. The maximum atomic E-state index is 10.2. The first-order valence-corrected chi connectivity index (χ1v) is 6.49. The molecule has 4 nitrogen and oxygen atoms in total. The number of esters is 1. The van der Waals surface area contributed by atoms with Crippen LogP contribution < -0.4 is 5.32 Å². The van der Waals surface area contributed by atoms with Gasteiger partial charge in [-0.1, -0.05) is 19.2 Å². The monoisotopic (exact) mass is 269 g/mol. The van der Waals surface area contributed by atoms with Gasteiger partial charge in [0, 0.05) is 17.2 Å². The lowest BCUT2D eigenvalue weighted by molar-refractivity contribution is -0.136. The minimum absolute atomic E-state index is 0.0845. The molecule has 0 atom stereocenters. The van der Waals surface area contributed by atoms with Crippen molar-refractivity contribution in [3.05, 3.63) is 25.3 Å². The molecule has 0 radical (unpaired) electrons. The predicted octanol–water partition coefficient (Wildman–Crippen LogP) is 2.19. The summed E-state index contributed by atoms with van der Waals surface area (Å²) in [6.45, 7) is 15.4. The van der Waals surface area contributed by atoms with Crippen molar-refractivity contribution in [2.75, 3.05) is 6.61 Å². The van der Waals surface area contributed by atoms with Crippen LogP contribution in [0.4, 0.5) is 0 Å². The van der Waals surface area contributed by atoms with E-state index in [4.69, 9.17) is 0 Å². The minimum Gasteiger partial charge on any atom is -0.458 e. The second-order valence-electron chi connectivity index (χ2n) is 6.08. The molecule has 0 aliphatic carbocycles. The molecule has 1 aliphatic heterocycles. The molecule has 0 aromatic rings. The maximum Gasteiger partial charge on any atom is 0.330 e. The predicted molar refractivity (Wildman–Crippen MR) is 77.9 cm³/mol. The Morgan fingerprint density at radius 3 is 2.11 bits per heavy atom. The first-order chi connectivity index (χ1) is 8.62. The zero-order valence-corrected chi connectivity index (χ0v) is 12.5. The van der Waals surface area contributed by atoms with Crippen LogP contribution in [0.1, 0.15) is 40.5 Å². The van der Waals surface area contributed by atoms with E-state index in [0.29, 0.717) is 0 Å². The maximum absolute atomic E-state index is 10.2.